The van der Waals surface area contributed by atoms with Crippen molar-refractivity contribution in [1.82, 2.24) is 0 Å². The van der Waals surface area contributed by atoms with E-state index in [1.165, 1.54) is 0 Å². The van der Waals surface area contributed by atoms with E-state index in [9.17, 15) is 44.6 Å². The summed E-state index contributed by atoms with van der Waals surface area (Å²) in [6, 6.07) is 0. The second-order valence-corrected chi connectivity index (χ2v) is 17.2. The molecule has 13 nitrogen and oxygen atoms in total. The zero-order valence-corrected chi connectivity index (χ0v) is 39.9. The summed E-state index contributed by atoms with van der Waals surface area (Å²) >= 11 is 0. The molecule has 6 atom stereocenters. The summed E-state index contributed by atoms with van der Waals surface area (Å²) in [4.78, 5) is 35.7. The van der Waals surface area contributed by atoms with Gasteiger partial charge in [0, 0.05) is 12.8 Å². The van der Waals surface area contributed by atoms with Gasteiger partial charge in [-0.2, -0.15) is 0 Å². The van der Waals surface area contributed by atoms with E-state index in [4.69, 9.17) is 18.5 Å². The van der Waals surface area contributed by atoms with Crippen LogP contribution in [-0.2, 0) is 32.7 Å². The maximum Gasteiger partial charge on any atom is 0.472 e. The standard InChI is InChI=1S/C51H81O13P/c1-3-5-7-9-11-13-15-17-19-21-22-24-25-27-29-31-33-35-37-39-44(52)61-41-43(42-62-65(59,60)64-51-49(57)47(55)46(54)48(56)50(51)58)63-45(53)40-38-36-34-32-30-28-26-23-20-18-16-14-12-10-8-6-4-2/h5-8,11-14,17-20,22,24,26,28,32,34,43,46-51,54-58H,3-4,9-10,15-16,21,23,25,27,29-31,33,35-42H2,1-2H3,(H,59,60)/b7-5-,8-6-,13-11-,14-12-,19-17-,20-18-,24-22-,28-26-,34-32-. The topological polar surface area (TPSA) is 210 Å². The lowest BCUT2D eigenvalue weighted by molar-refractivity contribution is -0.220. The van der Waals surface area contributed by atoms with Crippen LogP contribution in [0.5, 0.6) is 0 Å². The van der Waals surface area contributed by atoms with Gasteiger partial charge in [0.1, 0.15) is 43.2 Å². The lowest BCUT2D eigenvalue weighted by atomic mass is 9.85. The summed E-state index contributed by atoms with van der Waals surface area (Å²) in [5.41, 5.74) is 0. The molecule has 0 spiro atoms. The van der Waals surface area contributed by atoms with Crippen LogP contribution in [0.4, 0.5) is 0 Å². The van der Waals surface area contributed by atoms with Crippen molar-refractivity contribution in [2.24, 2.45) is 0 Å². The van der Waals surface area contributed by atoms with Crippen LogP contribution in [0, 0.1) is 0 Å². The van der Waals surface area contributed by atoms with Gasteiger partial charge in [0.05, 0.1) is 6.61 Å². The summed E-state index contributed by atoms with van der Waals surface area (Å²) < 4.78 is 33.5. The van der Waals surface area contributed by atoms with Crippen molar-refractivity contribution in [2.45, 2.75) is 185 Å². The Bertz CT molecular complexity index is 1550. The number of phosphoric ester groups is 1. The Morgan fingerprint density at radius 3 is 1.31 bits per heavy atom. The number of phosphoric acid groups is 1. The van der Waals surface area contributed by atoms with Gasteiger partial charge in [0.25, 0.3) is 0 Å². The molecule has 0 aromatic heterocycles. The quantitative estimate of drug-likeness (QED) is 0.0149. The molecular weight excluding hydrogens is 852 g/mol. The van der Waals surface area contributed by atoms with E-state index in [1.54, 1.807) is 0 Å². The maximum atomic E-state index is 12.8. The molecule has 0 aromatic rings. The molecule has 1 aliphatic rings. The molecule has 0 amide bonds. The van der Waals surface area contributed by atoms with E-state index < -0.39 is 75.7 Å². The summed E-state index contributed by atoms with van der Waals surface area (Å²) in [6.45, 7) is 3.00. The minimum absolute atomic E-state index is 0.00798. The molecule has 0 heterocycles. The number of hydrogen-bond donors (Lipinski definition) is 6. The van der Waals surface area contributed by atoms with Crippen LogP contribution < -0.4 is 0 Å². The summed E-state index contributed by atoms with van der Waals surface area (Å²) in [5.74, 6) is -1.20. The van der Waals surface area contributed by atoms with Crippen molar-refractivity contribution in [3.05, 3.63) is 109 Å². The Hall–Kier alpha value is -3.49. The molecule has 0 saturated heterocycles. The highest BCUT2D eigenvalue weighted by atomic mass is 31.2. The third-order valence-corrected chi connectivity index (χ3v) is 11.1. The van der Waals surface area contributed by atoms with Gasteiger partial charge in [0.15, 0.2) is 6.10 Å². The lowest BCUT2D eigenvalue weighted by Crippen LogP contribution is -2.64. The predicted octanol–water partition coefficient (Wildman–Crippen LogP) is 9.61. The fourth-order valence-electron chi connectivity index (χ4n) is 6.37. The molecule has 6 unspecified atom stereocenters. The van der Waals surface area contributed by atoms with Crippen LogP contribution in [0.25, 0.3) is 0 Å². The second-order valence-electron chi connectivity index (χ2n) is 15.8. The first-order chi connectivity index (χ1) is 31.4. The Balaban J connectivity index is 2.50. The zero-order valence-electron chi connectivity index (χ0n) is 39.0. The molecule has 1 fully saturated rings. The number of allylic oxidation sites excluding steroid dienone is 18. The van der Waals surface area contributed by atoms with Crippen molar-refractivity contribution >= 4 is 19.8 Å². The first kappa shape index (κ1) is 59.5. The number of unbranched alkanes of at least 4 members (excludes halogenated alkanes) is 7. The largest absolute Gasteiger partial charge is 0.472 e. The van der Waals surface area contributed by atoms with Crippen molar-refractivity contribution in [1.29, 1.82) is 0 Å². The number of hydrogen-bond acceptors (Lipinski definition) is 12. The summed E-state index contributed by atoms with van der Waals surface area (Å²) in [6.07, 6.45) is 41.4. The molecule has 1 rings (SSSR count). The van der Waals surface area contributed by atoms with Crippen LogP contribution in [0.1, 0.15) is 142 Å². The van der Waals surface area contributed by atoms with Crippen molar-refractivity contribution in [3.8, 4) is 0 Å². The second kappa shape index (κ2) is 39.7. The fraction of sp³-hybridized carbons (Fsp3) is 0.608. The number of aliphatic hydroxyl groups is 5. The van der Waals surface area contributed by atoms with Crippen LogP contribution in [0.2, 0.25) is 0 Å². The minimum atomic E-state index is -5.15. The average molecular weight is 933 g/mol. The Labute approximate surface area is 389 Å². The fourth-order valence-corrected chi connectivity index (χ4v) is 7.34. The van der Waals surface area contributed by atoms with Gasteiger partial charge in [-0.1, -0.05) is 149 Å². The molecule has 14 heteroatoms. The van der Waals surface area contributed by atoms with Crippen LogP contribution in [-0.4, -0.2) is 98.3 Å². The monoisotopic (exact) mass is 933 g/mol. The van der Waals surface area contributed by atoms with Gasteiger partial charge in [-0.25, -0.2) is 4.57 Å². The van der Waals surface area contributed by atoms with E-state index in [0.717, 1.165) is 96.3 Å². The normalized spacial score (nSPS) is 22.4. The molecule has 1 aliphatic carbocycles. The number of rotatable bonds is 37. The van der Waals surface area contributed by atoms with E-state index in [-0.39, 0.29) is 12.8 Å². The van der Waals surface area contributed by atoms with Crippen LogP contribution in [0.15, 0.2) is 109 Å². The summed E-state index contributed by atoms with van der Waals surface area (Å²) in [5, 5.41) is 50.2. The summed E-state index contributed by atoms with van der Waals surface area (Å²) in [7, 11) is -5.15. The highest BCUT2D eigenvalue weighted by molar-refractivity contribution is 7.47. The first-order valence-electron chi connectivity index (χ1n) is 23.7. The van der Waals surface area contributed by atoms with Gasteiger partial charge < -0.3 is 39.9 Å². The number of carbonyl (C=O) groups is 2. The molecule has 368 valence electrons. The van der Waals surface area contributed by atoms with Crippen LogP contribution in [0.3, 0.4) is 0 Å². The van der Waals surface area contributed by atoms with Crippen molar-refractivity contribution in [3.63, 3.8) is 0 Å². The Morgan fingerprint density at radius 1 is 0.477 bits per heavy atom. The van der Waals surface area contributed by atoms with E-state index >= 15 is 0 Å². The van der Waals surface area contributed by atoms with E-state index in [2.05, 4.69) is 111 Å². The van der Waals surface area contributed by atoms with Gasteiger partial charge in [-0.3, -0.25) is 18.6 Å². The molecule has 6 N–H and O–H groups in total. The molecule has 0 radical (unpaired) electrons. The lowest BCUT2D eigenvalue weighted by Gasteiger charge is -2.41. The van der Waals surface area contributed by atoms with E-state index in [1.807, 2.05) is 12.2 Å². The molecule has 1 saturated carbocycles. The number of ether oxygens (including phenoxy) is 2. The first-order valence-corrected chi connectivity index (χ1v) is 25.2. The molecule has 65 heavy (non-hydrogen) atoms. The Morgan fingerprint density at radius 2 is 0.846 bits per heavy atom. The highest BCUT2D eigenvalue weighted by Gasteiger charge is 2.51. The third kappa shape index (κ3) is 32.0. The average Bonchev–Trinajstić information content (AvgIpc) is 3.29. The van der Waals surface area contributed by atoms with Crippen molar-refractivity contribution in [2.75, 3.05) is 13.2 Å². The minimum Gasteiger partial charge on any atom is -0.462 e. The SMILES string of the molecule is CC/C=C\C/C=C\C/C=C\C/C=C\C/C=C\CCCC(=O)OC(COC(=O)CCCCCCCC/C=C\C/C=C\C/C=C\C/C=C\CC)COP(=O)(O)OC1C(O)C(O)C(O)C(O)C1O. The van der Waals surface area contributed by atoms with Crippen LogP contribution >= 0.6 is 7.82 Å². The Kier molecular flexibility index (Phi) is 36.3. The van der Waals surface area contributed by atoms with Gasteiger partial charge in [-0.15, -0.1) is 0 Å². The van der Waals surface area contributed by atoms with Gasteiger partial charge in [-0.05, 0) is 89.9 Å². The molecule has 0 bridgehead atoms. The smallest absolute Gasteiger partial charge is 0.462 e. The van der Waals surface area contributed by atoms with E-state index in [0.29, 0.717) is 19.3 Å². The van der Waals surface area contributed by atoms with Crippen molar-refractivity contribution < 1.29 is 63.1 Å². The third-order valence-electron chi connectivity index (χ3n) is 10.1. The zero-order chi connectivity index (χ0) is 47.8. The predicted molar refractivity (Wildman–Crippen MR) is 257 cm³/mol. The number of esters is 2. The number of aliphatic hydroxyl groups excluding tert-OH is 5. The number of carbonyl (C=O) groups excluding carboxylic acids is 2. The maximum absolute atomic E-state index is 12.8. The molecular formula is C51H81O13P. The molecule has 0 aromatic carbocycles. The van der Waals surface area contributed by atoms with Gasteiger partial charge in [0.2, 0.25) is 0 Å². The molecule has 0 aliphatic heterocycles. The van der Waals surface area contributed by atoms with Gasteiger partial charge >= 0.3 is 19.8 Å². The highest BCUT2D eigenvalue weighted by Crippen LogP contribution is 2.47.